The van der Waals surface area contributed by atoms with Gasteiger partial charge in [-0.25, -0.2) is 0 Å². The van der Waals surface area contributed by atoms with E-state index >= 15 is 0 Å². The minimum atomic E-state index is -0.158. The number of benzene rings is 2. The molecule has 0 unspecified atom stereocenters. The fourth-order valence-corrected chi connectivity index (χ4v) is 2.93. The van der Waals surface area contributed by atoms with E-state index in [4.69, 9.17) is 9.26 Å². The summed E-state index contributed by atoms with van der Waals surface area (Å²) in [5.74, 6) is 0.511. The number of nitrogens with zero attached hydrogens (tertiary/aromatic N) is 2. The van der Waals surface area contributed by atoms with Gasteiger partial charge >= 0.3 is 0 Å². The highest BCUT2D eigenvalue weighted by Gasteiger charge is 2.14. The van der Waals surface area contributed by atoms with Crippen LogP contribution in [0.25, 0.3) is 11.0 Å². The van der Waals surface area contributed by atoms with Gasteiger partial charge in [-0.2, -0.15) is 0 Å². The predicted molar refractivity (Wildman–Crippen MR) is 106 cm³/mol. The number of anilines is 1. The van der Waals surface area contributed by atoms with Gasteiger partial charge in [0.15, 0.2) is 5.58 Å². The van der Waals surface area contributed by atoms with E-state index in [-0.39, 0.29) is 12.3 Å². The molecule has 3 aromatic rings. The maximum Gasteiger partial charge on any atom is 0.230 e. The summed E-state index contributed by atoms with van der Waals surface area (Å²) in [4.78, 5) is 14.8. The van der Waals surface area contributed by atoms with Gasteiger partial charge in [0.1, 0.15) is 18.1 Å². The number of amides is 1. The van der Waals surface area contributed by atoms with Gasteiger partial charge in [0.05, 0.1) is 12.1 Å². The standard InChI is InChI=1S/C21H25N3O3/c1-3-24(4-2)13-14-26-20-12-8-6-10-17(20)22-21(25)15-18-16-9-5-7-11-19(16)27-23-18/h5-12H,3-4,13-15H2,1-2H3,(H,22,25). The third kappa shape index (κ3) is 4.86. The molecule has 6 heteroatoms. The highest BCUT2D eigenvalue weighted by Crippen LogP contribution is 2.24. The number of fused-ring (bicyclic) bond motifs is 1. The Hall–Kier alpha value is -2.86. The van der Waals surface area contributed by atoms with Crippen LogP contribution in [0.5, 0.6) is 5.75 Å². The molecule has 0 atom stereocenters. The van der Waals surface area contributed by atoms with Crippen molar-refractivity contribution in [2.45, 2.75) is 20.3 Å². The number of aromatic nitrogens is 1. The van der Waals surface area contributed by atoms with Gasteiger partial charge in [0, 0.05) is 11.9 Å². The van der Waals surface area contributed by atoms with Crippen LogP contribution in [-0.2, 0) is 11.2 Å². The molecule has 0 saturated carbocycles. The fraction of sp³-hybridized carbons (Fsp3) is 0.333. The topological polar surface area (TPSA) is 67.6 Å². The Morgan fingerprint density at radius 1 is 1.11 bits per heavy atom. The number of rotatable bonds is 9. The van der Waals surface area contributed by atoms with Crippen LogP contribution >= 0.6 is 0 Å². The van der Waals surface area contributed by atoms with Crippen LogP contribution in [0.1, 0.15) is 19.5 Å². The molecule has 142 valence electrons. The van der Waals surface area contributed by atoms with Gasteiger partial charge in [0.25, 0.3) is 0 Å². The summed E-state index contributed by atoms with van der Waals surface area (Å²) in [7, 11) is 0. The molecule has 1 amide bonds. The highest BCUT2D eigenvalue weighted by molar-refractivity contribution is 5.95. The molecule has 0 aliphatic rings. The molecule has 0 fully saturated rings. The van der Waals surface area contributed by atoms with Crippen LogP contribution in [0.3, 0.4) is 0 Å². The van der Waals surface area contributed by atoms with Crippen LogP contribution in [0.2, 0.25) is 0 Å². The summed E-state index contributed by atoms with van der Waals surface area (Å²) in [6, 6.07) is 15.0. The molecule has 0 radical (unpaired) electrons. The van der Waals surface area contributed by atoms with Crippen molar-refractivity contribution in [2.24, 2.45) is 0 Å². The first-order valence-electron chi connectivity index (χ1n) is 9.28. The summed E-state index contributed by atoms with van der Waals surface area (Å²) in [5.41, 5.74) is 1.97. The molecule has 0 saturated heterocycles. The molecule has 27 heavy (non-hydrogen) atoms. The quantitative estimate of drug-likeness (QED) is 0.624. The van der Waals surface area contributed by atoms with E-state index in [2.05, 4.69) is 29.2 Å². The smallest absolute Gasteiger partial charge is 0.230 e. The van der Waals surface area contributed by atoms with E-state index in [0.29, 0.717) is 29.3 Å². The average molecular weight is 367 g/mol. The first kappa shape index (κ1) is 18.9. The summed E-state index contributed by atoms with van der Waals surface area (Å²) >= 11 is 0. The van der Waals surface area contributed by atoms with Crippen LogP contribution in [-0.4, -0.2) is 42.2 Å². The third-order valence-corrected chi connectivity index (χ3v) is 4.50. The molecule has 6 nitrogen and oxygen atoms in total. The zero-order valence-electron chi connectivity index (χ0n) is 15.8. The molecular formula is C21H25N3O3. The molecule has 1 aromatic heterocycles. The Morgan fingerprint density at radius 2 is 1.85 bits per heavy atom. The second kappa shape index (κ2) is 9.19. The Morgan fingerprint density at radius 3 is 2.67 bits per heavy atom. The minimum absolute atomic E-state index is 0.144. The number of nitrogens with one attached hydrogen (secondary N) is 1. The first-order chi connectivity index (χ1) is 13.2. The Labute approximate surface area is 159 Å². The molecule has 0 aliphatic heterocycles. The molecule has 0 bridgehead atoms. The number of carbonyl (C=O) groups is 1. The van der Waals surface area contributed by atoms with Crippen molar-refractivity contribution in [1.29, 1.82) is 0 Å². The van der Waals surface area contributed by atoms with Crippen molar-refractivity contribution in [1.82, 2.24) is 10.1 Å². The van der Waals surface area contributed by atoms with Crippen LogP contribution in [0, 0.1) is 0 Å². The fourth-order valence-electron chi connectivity index (χ4n) is 2.93. The Balaban J connectivity index is 1.62. The van der Waals surface area contributed by atoms with Crippen molar-refractivity contribution < 1.29 is 14.1 Å². The van der Waals surface area contributed by atoms with E-state index in [1.54, 1.807) is 0 Å². The average Bonchev–Trinajstić information content (AvgIpc) is 3.09. The summed E-state index contributed by atoms with van der Waals surface area (Å²) in [6.07, 6.45) is 0.144. The summed E-state index contributed by atoms with van der Waals surface area (Å²) in [5, 5.41) is 7.79. The van der Waals surface area contributed by atoms with Crippen molar-refractivity contribution >= 4 is 22.6 Å². The van der Waals surface area contributed by atoms with Gasteiger partial charge in [-0.3, -0.25) is 4.79 Å². The molecule has 2 aromatic carbocycles. The second-order valence-corrected chi connectivity index (χ2v) is 6.22. The zero-order chi connectivity index (χ0) is 19.1. The van der Waals surface area contributed by atoms with E-state index in [9.17, 15) is 4.79 Å². The number of hydrogen-bond acceptors (Lipinski definition) is 5. The van der Waals surface area contributed by atoms with Crippen molar-refractivity contribution in [3.63, 3.8) is 0 Å². The molecule has 1 N–H and O–H groups in total. The summed E-state index contributed by atoms with van der Waals surface area (Å²) < 4.78 is 11.1. The van der Waals surface area contributed by atoms with Crippen LogP contribution in [0.15, 0.2) is 53.1 Å². The lowest BCUT2D eigenvalue weighted by Gasteiger charge is -2.19. The van der Waals surface area contributed by atoms with Gasteiger partial charge < -0.3 is 19.5 Å². The maximum absolute atomic E-state index is 12.5. The van der Waals surface area contributed by atoms with Gasteiger partial charge in [-0.1, -0.05) is 43.3 Å². The van der Waals surface area contributed by atoms with Gasteiger partial charge in [-0.15, -0.1) is 0 Å². The van der Waals surface area contributed by atoms with E-state index in [1.807, 2.05) is 48.5 Å². The molecular weight excluding hydrogens is 342 g/mol. The predicted octanol–water partition coefficient (Wildman–Crippen LogP) is 3.73. The van der Waals surface area contributed by atoms with Gasteiger partial charge in [-0.05, 0) is 37.4 Å². The molecule has 1 heterocycles. The Bertz CT molecular complexity index is 887. The largest absolute Gasteiger partial charge is 0.490 e. The van der Waals surface area contributed by atoms with Crippen molar-refractivity contribution in [3.8, 4) is 5.75 Å². The van der Waals surface area contributed by atoms with Crippen molar-refractivity contribution in [2.75, 3.05) is 31.6 Å². The maximum atomic E-state index is 12.5. The number of likely N-dealkylation sites (N-methyl/N-ethyl adjacent to an activating group) is 1. The lowest BCUT2D eigenvalue weighted by molar-refractivity contribution is -0.115. The Kier molecular flexibility index (Phi) is 6.44. The SMILES string of the molecule is CCN(CC)CCOc1ccccc1NC(=O)Cc1noc2ccccc12. The lowest BCUT2D eigenvalue weighted by atomic mass is 10.1. The van der Waals surface area contributed by atoms with Crippen LogP contribution < -0.4 is 10.1 Å². The second-order valence-electron chi connectivity index (χ2n) is 6.22. The molecule has 3 rings (SSSR count). The van der Waals surface area contributed by atoms with Crippen LogP contribution in [0.4, 0.5) is 5.69 Å². The van der Waals surface area contributed by atoms with Gasteiger partial charge in [0.2, 0.25) is 5.91 Å². The molecule has 0 spiro atoms. The van der Waals surface area contributed by atoms with E-state index in [0.717, 1.165) is 25.0 Å². The monoisotopic (exact) mass is 367 g/mol. The highest BCUT2D eigenvalue weighted by atomic mass is 16.5. The number of ether oxygens (including phenoxy) is 1. The number of para-hydroxylation sites is 3. The molecule has 0 aliphatic carbocycles. The van der Waals surface area contributed by atoms with Crippen molar-refractivity contribution in [3.05, 3.63) is 54.2 Å². The number of hydrogen-bond donors (Lipinski definition) is 1. The first-order valence-corrected chi connectivity index (χ1v) is 9.28. The zero-order valence-corrected chi connectivity index (χ0v) is 15.8. The third-order valence-electron chi connectivity index (χ3n) is 4.50. The summed E-state index contributed by atoms with van der Waals surface area (Å²) in [6.45, 7) is 7.66. The van der Waals surface area contributed by atoms with E-state index < -0.39 is 0 Å². The normalized spacial score (nSPS) is 11.1. The number of carbonyl (C=O) groups excluding carboxylic acids is 1. The van der Waals surface area contributed by atoms with E-state index in [1.165, 1.54) is 0 Å². The minimum Gasteiger partial charge on any atom is -0.490 e. The lowest BCUT2D eigenvalue weighted by Crippen LogP contribution is -2.28.